The molecule has 0 saturated carbocycles. The molecule has 4 rings (SSSR count). The summed E-state index contributed by atoms with van der Waals surface area (Å²) in [6.07, 6.45) is 2.76. The Morgan fingerprint density at radius 3 is 2.50 bits per heavy atom. The molecule has 0 spiro atoms. The molecule has 0 fully saturated rings. The number of amides is 2. The lowest BCUT2D eigenvalue weighted by molar-refractivity contribution is -0.134. The second-order valence-corrected chi connectivity index (χ2v) is 8.44. The van der Waals surface area contributed by atoms with E-state index in [1.807, 2.05) is 34.9 Å². The van der Waals surface area contributed by atoms with Crippen molar-refractivity contribution in [2.45, 2.75) is 45.1 Å². The van der Waals surface area contributed by atoms with Crippen molar-refractivity contribution in [3.8, 4) is 11.5 Å². The molecule has 2 heterocycles. The van der Waals surface area contributed by atoms with Crippen LogP contribution in [0.3, 0.4) is 0 Å². The average molecular weight is 437 g/mol. The van der Waals surface area contributed by atoms with Crippen molar-refractivity contribution in [1.82, 2.24) is 9.80 Å². The summed E-state index contributed by atoms with van der Waals surface area (Å²) in [5, 5.41) is 0. The lowest BCUT2D eigenvalue weighted by atomic mass is 9.75. The Hall–Kier alpha value is -3.02. The monoisotopic (exact) mass is 436 g/mol. The van der Waals surface area contributed by atoms with Crippen LogP contribution in [-0.4, -0.2) is 55.5 Å². The summed E-state index contributed by atoms with van der Waals surface area (Å²) in [5.41, 5.74) is 3.53. The van der Waals surface area contributed by atoms with Gasteiger partial charge in [-0.05, 0) is 48.6 Å². The van der Waals surface area contributed by atoms with Gasteiger partial charge in [0.2, 0.25) is 5.91 Å². The molecule has 2 aliphatic rings. The number of likely N-dealkylation sites (N-methyl/N-ethyl adjacent to an activating group) is 1. The minimum atomic E-state index is -0.485. The molecule has 2 aromatic carbocycles. The molecular formula is C26H32N2O4. The lowest BCUT2D eigenvalue weighted by Crippen LogP contribution is -2.51. The Balaban J connectivity index is 1.91. The zero-order valence-electron chi connectivity index (χ0n) is 19.4. The minimum Gasteiger partial charge on any atom is -0.493 e. The van der Waals surface area contributed by atoms with Gasteiger partial charge in [0.25, 0.3) is 5.91 Å². The highest BCUT2D eigenvalue weighted by Gasteiger charge is 2.47. The van der Waals surface area contributed by atoms with E-state index in [2.05, 4.69) is 19.1 Å². The van der Waals surface area contributed by atoms with Gasteiger partial charge in [0.05, 0.1) is 26.2 Å². The predicted molar refractivity (Wildman–Crippen MR) is 123 cm³/mol. The van der Waals surface area contributed by atoms with Gasteiger partial charge in [-0.15, -0.1) is 0 Å². The number of nitrogens with zero attached hydrogens (tertiary/aromatic N) is 2. The molecule has 0 N–H and O–H groups in total. The van der Waals surface area contributed by atoms with E-state index in [-0.39, 0.29) is 17.9 Å². The van der Waals surface area contributed by atoms with Crippen molar-refractivity contribution in [3.63, 3.8) is 0 Å². The largest absolute Gasteiger partial charge is 0.493 e. The summed E-state index contributed by atoms with van der Waals surface area (Å²) in [5.74, 6) is 0.557. The zero-order chi connectivity index (χ0) is 22.8. The number of unbranched alkanes of at least 4 members (excludes halogenated alkanes) is 1. The van der Waals surface area contributed by atoms with E-state index in [1.54, 1.807) is 20.3 Å². The quantitative estimate of drug-likeness (QED) is 0.653. The average Bonchev–Trinajstić information content (AvgIpc) is 2.83. The molecule has 170 valence electrons. The number of fused-ring (bicyclic) bond motifs is 4. The zero-order valence-corrected chi connectivity index (χ0v) is 19.4. The molecule has 2 aromatic rings. The van der Waals surface area contributed by atoms with Gasteiger partial charge in [-0.1, -0.05) is 37.6 Å². The molecule has 2 atom stereocenters. The molecule has 2 unspecified atom stereocenters. The number of carbonyl (C=O) groups is 2. The van der Waals surface area contributed by atoms with E-state index in [0.717, 1.165) is 30.4 Å². The molecule has 2 amide bonds. The van der Waals surface area contributed by atoms with E-state index < -0.39 is 5.92 Å². The highest BCUT2D eigenvalue weighted by atomic mass is 16.5. The highest BCUT2D eigenvalue weighted by Crippen LogP contribution is 2.49. The van der Waals surface area contributed by atoms with Crippen LogP contribution in [-0.2, 0) is 11.2 Å². The maximum Gasteiger partial charge on any atom is 0.254 e. The number of rotatable bonds is 7. The summed E-state index contributed by atoms with van der Waals surface area (Å²) in [4.78, 5) is 31.5. The van der Waals surface area contributed by atoms with Crippen LogP contribution in [0.1, 0.15) is 65.7 Å². The van der Waals surface area contributed by atoms with E-state index in [4.69, 9.17) is 9.47 Å². The fourth-order valence-corrected chi connectivity index (χ4v) is 5.09. The fraction of sp³-hybridized carbons (Fsp3) is 0.462. The smallest absolute Gasteiger partial charge is 0.254 e. The summed E-state index contributed by atoms with van der Waals surface area (Å²) < 4.78 is 11.0. The number of hydrogen-bond acceptors (Lipinski definition) is 4. The summed E-state index contributed by atoms with van der Waals surface area (Å²) >= 11 is 0. The van der Waals surface area contributed by atoms with Crippen LogP contribution < -0.4 is 9.47 Å². The fourth-order valence-electron chi connectivity index (χ4n) is 5.09. The predicted octanol–water partition coefficient (Wildman–Crippen LogP) is 4.19. The number of carbonyl (C=O) groups excluding carboxylic acids is 2. The second kappa shape index (κ2) is 9.23. The third-order valence-corrected chi connectivity index (χ3v) is 6.77. The van der Waals surface area contributed by atoms with Crippen molar-refractivity contribution in [2.75, 3.05) is 33.9 Å². The van der Waals surface area contributed by atoms with Crippen molar-refractivity contribution in [2.24, 2.45) is 0 Å². The maximum absolute atomic E-state index is 14.0. The Morgan fingerprint density at radius 2 is 1.81 bits per heavy atom. The van der Waals surface area contributed by atoms with Crippen LogP contribution in [0.5, 0.6) is 11.5 Å². The second-order valence-electron chi connectivity index (χ2n) is 8.44. The molecule has 2 aliphatic heterocycles. The van der Waals surface area contributed by atoms with Crippen molar-refractivity contribution in [3.05, 3.63) is 58.7 Å². The van der Waals surface area contributed by atoms with Crippen LogP contribution in [0.15, 0.2) is 36.4 Å². The van der Waals surface area contributed by atoms with Crippen LogP contribution >= 0.6 is 0 Å². The molecule has 6 heteroatoms. The van der Waals surface area contributed by atoms with Gasteiger partial charge in [0, 0.05) is 25.2 Å². The van der Waals surface area contributed by atoms with Crippen molar-refractivity contribution >= 4 is 11.8 Å². The molecule has 6 nitrogen and oxygen atoms in total. The SMILES string of the molecule is CCCCN(CC)C(=O)C1c2cc(OC)c(OC)cc2C(=O)N2CCc3ccccc3C12. The first-order valence-corrected chi connectivity index (χ1v) is 11.5. The third kappa shape index (κ3) is 3.61. The number of benzene rings is 2. The molecule has 0 aromatic heterocycles. The topological polar surface area (TPSA) is 59.1 Å². The van der Waals surface area contributed by atoms with Crippen LogP contribution in [0.2, 0.25) is 0 Å². The Kier molecular flexibility index (Phi) is 6.40. The van der Waals surface area contributed by atoms with E-state index in [1.165, 1.54) is 5.56 Å². The highest BCUT2D eigenvalue weighted by molar-refractivity contribution is 6.02. The number of ether oxygens (including phenoxy) is 2. The number of methoxy groups -OCH3 is 2. The molecule has 0 radical (unpaired) electrons. The van der Waals surface area contributed by atoms with Crippen LogP contribution in [0.4, 0.5) is 0 Å². The van der Waals surface area contributed by atoms with Gasteiger partial charge in [-0.25, -0.2) is 0 Å². The Bertz CT molecular complexity index is 1020. The first-order chi connectivity index (χ1) is 15.5. The maximum atomic E-state index is 14.0. The van der Waals surface area contributed by atoms with Crippen molar-refractivity contribution in [1.29, 1.82) is 0 Å². The third-order valence-electron chi connectivity index (χ3n) is 6.77. The summed E-state index contributed by atoms with van der Waals surface area (Å²) in [7, 11) is 3.14. The first-order valence-electron chi connectivity index (χ1n) is 11.5. The van der Waals surface area contributed by atoms with Gasteiger partial charge >= 0.3 is 0 Å². The van der Waals surface area contributed by atoms with Gasteiger partial charge in [-0.2, -0.15) is 0 Å². The van der Waals surface area contributed by atoms with E-state index in [9.17, 15) is 9.59 Å². The molecule has 0 bridgehead atoms. The van der Waals surface area contributed by atoms with Crippen LogP contribution in [0, 0.1) is 0 Å². The Labute approximate surface area is 190 Å². The Morgan fingerprint density at radius 1 is 1.09 bits per heavy atom. The summed E-state index contributed by atoms with van der Waals surface area (Å²) in [6, 6.07) is 11.4. The molecular weight excluding hydrogens is 404 g/mol. The van der Waals surface area contributed by atoms with E-state index >= 15 is 0 Å². The minimum absolute atomic E-state index is 0.0545. The molecule has 0 saturated heterocycles. The van der Waals surface area contributed by atoms with E-state index in [0.29, 0.717) is 36.7 Å². The van der Waals surface area contributed by atoms with Gasteiger partial charge in [-0.3, -0.25) is 9.59 Å². The molecule has 32 heavy (non-hydrogen) atoms. The standard InChI is InChI=1S/C26H32N2O4/c1-5-7-13-27(6-2)26(30)23-19-15-21(31-3)22(32-4)16-20(19)25(29)28-14-12-17-10-8-9-11-18(17)24(23)28/h8-11,15-16,23-24H,5-7,12-14H2,1-4H3. The van der Waals surface area contributed by atoms with Crippen LogP contribution in [0.25, 0.3) is 0 Å². The van der Waals surface area contributed by atoms with Gasteiger partial charge < -0.3 is 19.3 Å². The lowest BCUT2D eigenvalue weighted by Gasteiger charge is -2.46. The first kappa shape index (κ1) is 22.2. The van der Waals surface area contributed by atoms with Gasteiger partial charge in [0.1, 0.15) is 0 Å². The van der Waals surface area contributed by atoms with Crippen molar-refractivity contribution < 1.29 is 19.1 Å². The van der Waals surface area contributed by atoms with Gasteiger partial charge in [0.15, 0.2) is 11.5 Å². The summed E-state index contributed by atoms with van der Waals surface area (Å²) in [6.45, 7) is 6.10. The normalized spacial score (nSPS) is 19.0. The number of hydrogen-bond donors (Lipinski definition) is 0. The molecule has 0 aliphatic carbocycles.